The Kier molecular flexibility index (Phi) is 3.59. The first-order valence-corrected chi connectivity index (χ1v) is 5.54. The third-order valence-corrected chi connectivity index (χ3v) is 4.05. The maximum atomic E-state index is 5.54. The van der Waals surface area contributed by atoms with E-state index < -0.39 is 0 Å². The van der Waals surface area contributed by atoms with Gasteiger partial charge in [0.2, 0.25) is 0 Å². The predicted octanol–water partition coefficient (Wildman–Crippen LogP) is 3.01. The van der Waals surface area contributed by atoms with E-state index in [0.29, 0.717) is 5.92 Å². The van der Waals surface area contributed by atoms with Crippen LogP contribution in [0, 0.1) is 5.92 Å². The van der Waals surface area contributed by atoms with Gasteiger partial charge >= 0.3 is 0 Å². The summed E-state index contributed by atoms with van der Waals surface area (Å²) in [7, 11) is 3.63. The minimum absolute atomic E-state index is 0.0229. The number of hydrogen-bond donors (Lipinski definition) is 0. The molecule has 14 heavy (non-hydrogen) atoms. The molecule has 84 valence electrons. The van der Waals surface area contributed by atoms with Crippen LogP contribution >= 0.6 is 0 Å². The van der Waals surface area contributed by atoms with Gasteiger partial charge in [0.15, 0.2) is 0 Å². The van der Waals surface area contributed by atoms with E-state index in [1.165, 1.54) is 12.8 Å². The number of hydrogen-bond acceptors (Lipinski definition) is 2. The van der Waals surface area contributed by atoms with Crippen LogP contribution in [0.15, 0.2) is 0 Å². The lowest BCUT2D eigenvalue weighted by Crippen LogP contribution is -2.41. The molecule has 0 atom stereocenters. The van der Waals surface area contributed by atoms with E-state index in [9.17, 15) is 0 Å². The third-order valence-electron chi connectivity index (χ3n) is 4.05. The molecule has 0 amide bonds. The molecule has 2 nitrogen and oxygen atoms in total. The molecule has 1 aliphatic carbocycles. The second kappa shape index (κ2) is 4.19. The monoisotopic (exact) mass is 200 g/mol. The molecule has 0 saturated heterocycles. The zero-order chi connectivity index (χ0) is 10.8. The van der Waals surface area contributed by atoms with E-state index in [1.807, 2.05) is 14.2 Å². The Bertz CT molecular complexity index is 179. The smallest absolute Gasteiger partial charge is 0.0651 e. The van der Waals surface area contributed by atoms with Crippen LogP contribution in [0.5, 0.6) is 0 Å². The van der Waals surface area contributed by atoms with Crippen LogP contribution < -0.4 is 0 Å². The molecule has 0 unspecified atom stereocenters. The van der Waals surface area contributed by atoms with Crippen LogP contribution in [-0.2, 0) is 9.47 Å². The summed E-state index contributed by atoms with van der Waals surface area (Å²) in [4.78, 5) is 0. The van der Waals surface area contributed by atoms with Gasteiger partial charge in [0.05, 0.1) is 11.2 Å². The normalized spacial score (nSPS) is 34.5. The average molecular weight is 200 g/mol. The Hall–Kier alpha value is -0.0800. The summed E-state index contributed by atoms with van der Waals surface area (Å²) in [6, 6.07) is 0. The summed E-state index contributed by atoms with van der Waals surface area (Å²) in [5.74, 6) is 0.677. The summed E-state index contributed by atoms with van der Waals surface area (Å²) >= 11 is 0. The molecule has 0 bridgehead atoms. The minimum atomic E-state index is 0.0229. The van der Waals surface area contributed by atoms with Crippen molar-refractivity contribution in [3.8, 4) is 0 Å². The van der Waals surface area contributed by atoms with Crippen LogP contribution in [0.2, 0.25) is 0 Å². The molecule has 0 aliphatic heterocycles. The molecule has 0 aromatic carbocycles. The van der Waals surface area contributed by atoms with E-state index in [0.717, 1.165) is 12.8 Å². The Morgan fingerprint density at radius 3 is 2.00 bits per heavy atom. The summed E-state index contributed by atoms with van der Waals surface area (Å²) in [5.41, 5.74) is 0.134. The van der Waals surface area contributed by atoms with Crippen LogP contribution in [0.1, 0.15) is 46.5 Å². The van der Waals surface area contributed by atoms with Gasteiger partial charge in [-0.1, -0.05) is 0 Å². The topological polar surface area (TPSA) is 18.5 Å². The van der Waals surface area contributed by atoms with Gasteiger partial charge in [-0.05, 0) is 52.4 Å². The van der Waals surface area contributed by atoms with E-state index in [2.05, 4.69) is 20.8 Å². The molecular weight excluding hydrogens is 176 g/mol. The zero-order valence-corrected chi connectivity index (χ0v) is 10.2. The fraction of sp³-hybridized carbons (Fsp3) is 1.00. The van der Waals surface area contributed by atoms with Crippen molar-refractivity contribution in [3.63, 3.8) is 0 Å². The van der Waals surface area contributed by atoms with Crippen LogP contribution in [0.3, 0.4) is 0 Å². The molecule has 1 aliphatic rings. The molecule has 1 rings (SSSR count). The second-order valence-electron chi connectivity index (χ2n) is 5.24. The highest BCUT2D eigenvalue weighted by atomic mass is 16.5. The molecular formula is C12H24O2. The lowest BCUT2D eigenvalue weighted by molar-refractivity contribution is -0.0856. The quantitative estimate of drug-likeness (QED) is 0.697. The first-order valence-electron chi connectivity index (χ1n) is 5.54. The maximum Gasteiger partial charge on any atom is 0.0651 e. The molecule has 0 aromatic rings. The first kappa shape index (κ1) is 12.0. The van der Waals surface area contributed by atoms with Gasteiger partial charge in [0.25, 0.3) is 0 Å². The van der Waals surface area contributed by atoms with Crippen molar-refractivity contribution in [1.29, 1.82) is 0 Å². The Labute approximate surface area is 88.0 Å². The highest BCUT2D eigenvalue weighted by molar-refractivity contribution is 4.89. The summed E-state index contributed by atoms with van der Waals surface area (Å²) in [6.45, 7) is 6.59. The molecule has 2 heteroatoms. The van der Waals surface area contributed by atoms with E-state index in [1.54, 1.807) is 0 Å². The SMILES string of the molecule is COC1(C)CCC(C(C)(C)OC)CC1. The lowest BCUT2D eigenvalue weighted by Gasteiger charge is -2.42. The van der Waals surface area contributed by atoms with Gasteiger partial charge in [0, 0.05) is 14.2 Å². The van der Waals surface area contributed by atoms with E-state index in [-0.39, 0.29) is 11.2 Å². The van der Waals surface area contributed by atoms with Gasteiger partial charge in [-0.25, -0.2) is 0 Å². The van der Waals surface area contributed by atoms with Crippen molar-refractivity contribution >= 4 is 0 Å². The van der Waals surface area contributed by atoms with Crippen molar-refractivity contribution in [2.75, 3.05) is 14.2 Å². The van der Waals surface area contributed by atoms with Crippen LogP contribution in [0.25, 0.3) is 0 Å². The first-order chi connectivity index (χ1) is 6.43. The fourth-order valence-corrected chi connectivity index (χ4v) is 2.29. The summed E-state index contributed by atoms with van der Waals surface area (Å²) in [6.07, 6.45) is 4.73. The van der Waals surface area contributed by atoms with Gasteiger partial charge < -0.3 is 9.47 Å². The van der Waals surface area contributed by atoms with Gasteiger partial charge in [0.1, 0.15) is 0 Å². The van der Waals surface area contributed by atoms with E-state index >= 15 is 0 Å². The number of rotatable bonds is 3. The summed E-state index contributed by atoms with van der Waals surface area (Å²) in [5, 5.41) is 0. The van der Waals surface area contributed by atoms with Crippen molar-refractivity contribution < 1.29 is 9.47 Å². The molecule has 0 radical (unpaired) electrons. The molecule has 1 fully saturated rings. The van der Waals surface area contributed by atoms with Gasteiger partial charge in [-0.3, -0.25) is 0 Å². The van der Waals surface area contributed by atoms with Crippen molar-refractivity contribution in [2.45, 2.75) is 57.7 Å². The highest BCUT2D eigenvalue weighted by Gasteiger charge is 2.37. The second-order valence-corrected chi connectivity index (χ2v) is 5.24. The van der Waals surface area contributed by atoms with Gasteiger partial charge in [-0.2, -0.15) is 0 Å². The fourth-order valence-electron chi connectivity index (χ4n) is 2.29. The Morgan fingerprint density at radius 2 is 1.64 bits per heavy atom. The highest BCUT2D eigenvalue weighted by Crippen LogP contribution is 2.39. The van der Waals surface area contributed by atoms with E-state index in [4.69, 9.17) is 9.47 Å². The van der Waals surface area contributed by atoms with Crippen LogP contribution in [0.4, 0.5) is 0 Å². The Balaban J connectivity index is 2.51. The molecule has 0 spiro atoms. The zero-order valence-electron chi connectivity index (χ0n) is 10.2. The maximum absolute atomic E-state index is 5.54. The molecule has 0 heterocycles. The number of ether oxygens (including phenoxy) is 2. The Morgan fingerprint density at radius 1 is 1.14 bits per heavy atom. The molecule has 1 saturated carbocycles. The summed E-state index contributed by atoms with van der Waals surface area (Å²) < 4.78 is 11.1. The largest absolute Gasteiger partial charge is 0.379 e. The third kappa shape index (κ3) is 2.48. The van der Waals surface area contributed by atoms with Crippen molar-refractivity contribution in [2.24, 2.45) is 5.92 Å². The molecule has 0 N–H and O–H groups in total. The van der Waals surface area contributed by atoms with Crippen molar-refractivity contribution in [3.05, 3.63) is 0 Å². The predicted molar refractivity (Wildman–Crippen MR) is 58.5 cm³/mol. The van der Waals surface area contributed by atoms with Crippen LogP contribution in [-0.4, -0.2) is 25.4 Å². The van der Waals surface area contributed by atoms with Gasteiger partial charge in [-0.15, -0.1) is 0 Å². The number of methoxy groups -OCH3 is 2. The molecule has 0 aromatic heterocycles. The standard InChI is InChI=1S/C12H24O2/c1-11(2,13-4)10-6-8-12(3,14-5)9-7-10/h10H,6-9H2,1-5H3. The van der Waals surface area contributed by atoms with Crippen molar-refractivity contribution in [1.82, 2.24) is 0 Å². The lowest BCUT2D eigenvalue weighted by atomic mass is 9.73. The minimum Gasteiger partial charge on any atom is -0.379 e. The average Bonchev–Trinajstić information content (AvgIpc) is 2.19.